The Bertz CT molecular complexity index is 2550. The molecule has 3 heterocycles. The average molecular weight is 839 g/mol. The first kappa shape index (κ1) is 39.6. The second-order valence-corrected chi connectivity index (χ2v) is 16.8. The fraction of sp³-hybridized carbons (Fsp3) is 0.260. The van der Waals surface area contributed by atoms with E-state index in [1.54, 1.807) is 17.0 Å². The molecule has 2 atom stereocenters. The van der Waals surface area contributed by atoms with Crippen LogP contribution in [-0.2, 0) is 48.4 Å². The highest BCUT2D eigenvalue weighted by Crippen LogP contribution is 2.42. The normalized spacial score (nSPS) is 16.8. The molecule has 10 heteroatoms. The van der Waals surface area contributed by atoms with Crippen molar-refractivity contribution in [3.05, 3.63) is 176 Å². The zero-order valence-electron chi connectivity index (χ0n) is 33.6. The summed E-state index contributed by atoms with van der Waals surface area (Å²) in [7, 11) is 0. The maximum Gasteiger partial charge on any atom is 0.243 e. The minimum atomic E-state index is -0.651. The van der Waals surface area contributed by atoms with Crippen LogP contribution in [0.5, 0.6) is 17.2 Å². The third-order valence-electron chi connectivity index (χ3n) is 12.1. The van der Waals surface area contributed by atoms with Crippen LogP contribution in [-0.4, -0.2) is 40.9 Å². The molecule has 0 radical (unpaired) electrons. The lowest BCUT2D eigenvalue weighted by Crippen LogP contribution is -2.54. The monoisotopic (exact) mass is 837 g/mol. The van der Waals surface area contributed by atoms with Crippen molar-refractivity contribution in [1.29, 1.82) is 0 Å². The van der Waals surface area contributed by atoms with Gasteiger partial charge in [0.25, 0.3) is 0 Å². The number of aromatic nitrogens is 1. The number of ether oxygens (including phenoxy) is 3. The van der Waals surface area contributed by atoms with E-state index in [0.29, 0.717) is 79.3 Å². The molecule has 0 saturated heterocycles. The Labute approximate surface area is 360 Å². The molecule has 8 nitrogen and oxygen atoms in total. The molecule has 60 heavy (non-hydrogen) atoms. The summed E-state index contributed by atoms with van der Waals surface area (Å²) in [5.74, 6) is 1.60. The SMILES string of the molecule is Cc1nccc(-c2ccc(CCNC(=O)C3Cc4cc5c(cc4CN3C(=O)C3Cc4ccccc4C3)OC(c3ccc(OCc4ccc(Cl)c(Cl)c4)cc3)CO5)cc2)c1C. The summed E-state index contributed by atoms with van der Waals surface area (Å²) >= 11 is 12.2. The van der Waals surface area contributed by atoms with Gasteiger partial charge in [-0.15, -0.1) is 0 Å². The summed E-state index contributed by atoms with van der Waals surface area (Å²) in [5.41, 5.74) is 11.8. The van der Waals surface area contributed by atoms with E-state index in [-0.39, 0.29) is 23.8 Å². The Balaban J connectivity index is 0.885. The maximum absolute atomic E-state index is 14.5. The largest absolute Gasteiger partial charge is 0.489 e. The molecule has 0 spiro atoms. The number of carbonyl (C=O) groups excluding carboxylic acids is 2. The minimum Gasteiger partial charge on any atom is -0.489 e. The van der Waals surface area contributed by atoms with E-state index in [2.05, 4.69) is 53.6 Å². The maximum atomic E-state index is 14.5. The fourth-order valence-electron chi connectivity index (χ4n) is 8.58. The van der Waals surface area contributed by atoms with Gasteiger partial charge in [0.1, 0.15) is 25.0 Å². The zero-order valence-corrected chi connectivity index (χ0v) is 35.1. The van der Waals surface area contributed by atoms with Crippen LogP contribution in [0.3, 0.4) is 0 Å². The van der Waals surface area contributed by atoms with Crippen LogP contribution in [0.4, 0.5) is 0 Å². The van der Waals surface area contributed by atoms with Crippen LogP contribution in [0.2, 0.25) is 10.0 Å². The summed E-state index contributed by atoms with van der Waals surface area (Å²) in [6, 6.07) is 35.3. The van der Waals surface area contributed by atoms with Gasteiger partial charge in [-0.2, -0.15) is 0 Å². The molecule has 2 aliphatic heterocycles. The molecular weight excluding hydrogens is 793 g/mol. The molecule has 0 bridgehead atoms. The summed E-state index contributed by atoms with van der Waals surface area (Å²) in [5, 5.41) is 4.18. The molecule has 3 aliphatic rings. The second kappa shape index (κ2) is 17.0. The summed E-state index contributed by atoms with van der Waals surface area (Å²) < 4.78 is 18.8. The third-order valence-corrected chi connectivity index (χ3v) is 12.9. The van der Waals surface area contributed by atoms with E-state index in [1.165, 1.54) is 22.3 Å². The lowest BCUT2D eigenvalue weighted by atomic mass is 9.90. The van der Waals surface area contributed by atoms with E-state index in [1.807, 2.05) is 73.8 Å². The van der Waals surface area contributed by atoms with Crippen molar-refractivity contribution < 1.29 is 23.8 Å². The number of halogens is 2. The highest BCUT2D eigenvalue weighted by atomic mass is 35.5. The van der Waals surface area contributed by atoms with Crippen LogP contribution in [0.1, 0.15) is 56.3 Å². The third kappa shape index (κ3) is 8.32. The Morgan fingerprint density at radius 3 is 2.28 bits per heavy atom. The topological polar surface area (TPSA) is 90.0 Å². The number of amides is 2. The predicted molar refractivity (Wildman–Crippen MR) is 234 cm³/mol. The van der Waals surface area contributed by atoms with Gasteiger partial charge in [-0.05, 0) is 131 Å². The van der Waals surface area contributed by atoms with Gasteiger partial charge in [-0.3, -0.25) is 14.6 Å². The van der Waals surface area contributed by atoms with Crippen LogP contribution in [0.15, 0.2) is 115 Å². The summed E-state index contributed by atoms with van der Waals surface area (Å²) in [6.45, 7) is 5.56. The quantitative estimate of drug-likeness (QED) is 0.148. The Kier molecular flexibility index (Phi) is 11.2. The standard InChI is InChI=1S/C50H45Cl2N3O5/c1-30-31(2)53-20-18-42(30)34-10-7-32(8-11-34)17-19-54-49(56)45-24-38-25-46-47(26-40(38)27-55(45)50(57)39-22-36-5-3-4-6-37(36)23-39)60-48(29-59-46)35-12-14-41(15-13-35)58-28-33-9-16-43(51)44(52)21-33/h3-16,18,20-21,25-26,39,45,48H,17,19,22-24,27-29H2,1-2H3,(H,54,56). The van der Waals surface area contributed by atoms with Gasteiger partial charge in [0.05, 0.1) is 10.0 Å². The van der Waals surface area contributed by atoms with Crippen molar-refractivity contribution in [1.82, 2.24) is 15.2 Å². The molecule has 2 amide bonds. The Morgan fingerprint density at radius 2 is 1.53 bits per heavy atom. The Morgan fingerprint density at radius 1 is 0.800 bits per heavy atom. The molecule has 5 aromatic carbocycles. The van der Waals surface area contributed by atoms with Crippen molar-refractivity contribution in [2.75, 3.05) is 13.2 Å². The Hall–Kier alpha value is -5.83. The number of aryl methyl sites for hydroxylation is 1. The lowest BCUT2D eigenvalue weighted by molar-refractivity contribution is -0.144. The van der Waals surface area contributed by atoms with E-state index >= 15 is 0 Å². The smallest absolute Gasteiger partial charge is 0.243 e. The van der Waals surface area contributed by atoms with E-state index in [4.69, 9.17) is 37.4 Å². The van der Waals surface area contributed by atoms with Gasteiger partial charge < -0.3 is 24.4 Å². The van der Waals surface area contributed by atoms with Crippen molar-refractivity contribution in [2.24, 2.45) is 5.92 Å². The first-order chi connectivity index (χ1) is 29.2. The molecule has 1 aromatic heterocycles. The number of hydrogen-bond donors (Lipinski definition) is 1. The molecule has 6 aromatic rings. The first-order valence-corrected chi connectivity index (χ1v) is 21.2. The van der Waals surface area contributed by atoms with Crippen LogP contribution < -0.4 is 19.5 Å². The average Bonchev–Trinajstić information content (AvgIpc) is 3.71. The van der Waals surface area contributed by atoms with Gasteiger partial charge in [0.2, 0.25) is 11.8 Å². The highest BCUT2D eigenvalue weighted by Gasteiger charge is 2.40. The minimum absolute atomic E-state index is 0.00321. The summed E-state index contributed by atoms with van der Waals surface area (Å²) in [6.07, 6.45) is 3.90. The number of pyridine rings is 1. The molecule has 1 aliphatic carbocycles. The van der Waals surface area contributed by atoms with Crippen molar-refractivity contribution >= 4 is 35.0 Å². The molecule has 1 N–H and O–H groups in total. The lowest BCUT2D eigenvalue weighted by Gasteiger charge is -2.38. The number of hydrogen-bond acceptors (Lipinski definition) is 6. The van der Waals surface area contributed by atoms with Gasteiger partial charge in [-0.1, -0.05) is 89.9 Å². The van der Waals surface area contributed by atoms with E-state index in [0.717, 1.165) is 39.1 Å². The van der Waals surface area contributed by atoms with Crippen molar-refractivity contribution in [2.45, 2.75) is 64.8 Å². The van der Waals surface area contributed by atoms with Gasteiger partial charge >= 0.3 is 0 Å². The van der Waals surface area contributed by atoms with Crippen molar-refractivity contribution in [3.63, 3.8) is 0 Å². The molecule has 9 rings (SSSR count). The number of benzene rings is 5. The van der Waals surface area contributed by atoms with Crippen molar-refractivity contribution in [3.8, 4) is 28.4 Å². The highest BCUT2D eigenvalue weighted by molar-refractivity contribution is 6.42. The molecule has 304 valence electrons. The van der Waals surface area contributed by atoms with Gasteiger partial charge in [0.15, 0.2) is 17.6 Å². The number of carbonyl (C=O) groups is 2. The van der Waals surface area contributed by atoms with Crippen LogP contribution in [0.25, 0.3) is 11.1 Å². The van der Waals surface area contributed by atoms with Gasteiger partial charge in [0, 0.05) is 37.3 Å². The van der Waals surface area contributed by atoms with Crippen LogP contribution >= 0.6 is 23.2 Å². The predicted octanol–water partition coefficient (Wildman–Crippen LogP) is 9.79. The van der Waals surface area contributed by atoms with E-state index < -0.39 is 6.04 Å². The first-order valence-electron chi connectivity index (χ1n) is 20.5. The number of nitrogens with zero attached hydrogens (tertiary/aromatic N) is 2. The molecule has 0 fully saturated rings. The van der Waals surface area contributed by atoms with Crippen LogP contribution in [0, 0.1) is 19.8 Å². The fourth-order valence-corrected chi connectivity index (χ4v) is 8.90. The molecule has 0 saturated carbocycles. The number of fused-ring (bicyclic) bond motifs is 3. The molecule has 2 unspecified atom stereocenters. The number of rotatable bonds is 10. The second-order valence-electron chi connectivity index (χ2n) is 16.0. The zero-order chi connectivity index (χ0) is 41.3. The number of nitrogens with one attached hydrogen (secondary N) is 1. The van der Waals surface area contributed by atoms with Gasteiger partial charge in [-0.25, -0.2) is 0 Å². The molecular formula is C50H45Cl2N3O5. The summed E-state index contributed by atoms with van der Waals surface area (Å²) in [4.78, 5) is 34.8. The van der Waals surface area contributed by atoms with E-state index in [9.17, 15) is 9.59 Å².